The standard InChI is InChI=1S/C14H20N2O3/c1-9-7-12(13(14(17)18)10(2)15-9)16-6-4-5-11(8-16)19-3/h7,11H,4-6,8H2,1-3H3,(H,17,18). The van der Waals surface area contributed by atoms with E-state index >= 15 is 0 Å². The zero-order chi connectivity index (χ0) is 14.0. The number of nitrogens with zero attached hydrogens (tertiary/aromatic N) is 2. The molecule has 0 amide bonds. The lowest BCUT2D eigenvalue weighted by atomic mass is 10.0. The summed E-state index contributed by atoms with van der Waals surface area (Å²) in [7, 11) is 1.70. The van der Waals surface area contributed by atoms with Crippen LogP contribution in [0.3, 0.4) is 0 Å². The van der Waals surface area contributed by atoms with E-state index in [0.717, 1.165) is 37.3 Å². The summed E-state index contributed by atoms with van der Waals surface area (Å²) in [6.07, 6.45) is 2.21. The highest BCUT2D eigenvalue weighted by Crippen LogP contribution is 2.27. The molecule has 1 aliphatic rings. The average molecular weight is 264 g/mol. The molecule has 1 aromatic rings. The summed E-state index contributed by atoms with van der Waals surface area (Å²) < 4.78 is 5.40. The van der Waals surface area contributed by atoms with Crippen LogP contribution in [0, 0.1) is 13.8 Å². The average Bonchev–Trinajstić information content (AvgIpc) is 2.37. The number of hydrogen-bond acceptors (Lipinski definition) is 4. The fraction of sp³-hybridized carbons (Fsp3) is 0.571. The Morgan fingerprint density at radius 3 is 2.89 bits per heavy atom. The highest BCUT2D eigenvalue weighted by Gasteiger charge is 2.25. The van der Waals surface area contributed by atoms with E-state index in [9.17, 15) is 9.90 Å². The van der Waals surface area contributed by atoms with Crippen molar-refractivity contribution in [3.05, 3.63) is 23.0 Å². The van der Waals surface area contributed by atoms with E-state index in [-0.39, 0.29) is 6.10 Å². The first kappa shape index (κ1) is 13.8. The van der Waals surface area contributed by atoms with Gasteiger partial charge in [-0.2, -0.15) is 0 Å². The molecule has 1 fully saturated rings. The summed E-state index contributed by atoms with van der Waals surface area (Å²) >= 11 is 0. The van der Waals surface area contributed by atoms with Gasteiger partial charge in [0.1, 0.15) is 5.56 Å². The third kappa shape index (κ3) is 2.87. The van der Waals surface area contributed by atoms with Gasteiger partial charge in [0.05, 0.1) is 17.5 Å². The van der Waals surface area contributed by atoms with Gasteiger partial charge >= 0.3 is 5.97 Å². The van der Waals surface area contributed by atoms with Crippen LogP contribution < -0.4 is 4.90 Å². The number of pyridine rings is 1. The quantitative estimate of drug-likeness (QED) is 0.904. The lowest BCUT2D eigenvalue weighted by molar-refractivity contribution is 0.0693. The van der Waals surface area contributed by atoms with Gasteiger partial charge in [-0.3, -0.25) is 4.98 Å². The number of carboxylic acid groups (broad SMARTS) is 1. The van der Waals surface area contributed by atoms with Crippen molar-refractivity contribution in [3.8, 4) is 0 Å². The lowest BCUT2D eigenvalue weighted by Crippen LogP contribution is -2.40. The highest BCUT2D eigenvalue weighted by atomic mass is 16.5. The third-order valence-electron chi connectivity index (χ3n) is 3.57. The smallest absolute Gasteiger partial charge is 0.339 e. The Kier molecular flexibility index (Phi) is 4.04. The van der Waals surface area contributed by atoms with Crippen molar-refractivity contribution in [1.82, 2.24) is 4.98 Å². The van der Waals surface area contributed by atoms with E-state index in [4.69, 9.17) is 4.74 Å². The van der Waals surface area contributed by atoms with Crippen LogP contribution >= 0.6 is 0 Å². The molecule has 19 heavy (non-hydrogen) atoms. The SMILES string of the molecule is COC1CCCN(c2cc(C)nc(C)c2C(=O)O)C1. The van der Waals surface area contributed by atoms with Crippen molar-refractivity contribution < 1.29 is 14.6 Å². The van der Waals surface area contributed by atoms with Crippen molar-refractivity contribution in [2.75, 3.05) is 25.1 Å². The van der Waals surface area contributed by atoms with Crippen LogP contribution in [0.5, 0.6) is 0 Å². The second-order valence-electron chi connectivity index (χ2n) is 4.99. The molecule has 0 radical (unpaired) electrons. The Bertz CT molecular complexity index is 488. The number of carboxylic acids is 1. The van der Waals surface area contributed by atoms with Gasteiger partial charge in [-0.15, -0.1) is 0 Å². The van der Waals surface area contributed by atoms with E-state index in [0.29, 0.717) is 11.3 Å². The van der Waals surface area contributed by atoms with E-state index in [1.807, 2.05) is 13.0 Å². The third-order valence-corrected chi connectivity index (χ3v) is 3.57. The van der Waals surface area contributed by atoms with Gasteiger partial charge in [0.25, 0.3) is 0 Å². The van der Waals surface area contributed by atoms with Gasteiger partial charge in [0.2, 0.25) is 0 Å². The monoisotopic (exact) mass is 264 g/mol. The molecule has 5 heteroatoms. The van der Waals surface area contributed by atoms with Crippen molar-refractivity contribution >= 4 is 11.7 Å². The maximum atomic E-state index is 11.4. The van der Waals surface area contributed by atoms with Gasteiger partial charge in [-0.05, 0) is 32.8 Å². The molecule has 0 spiro atoms. The number of rotatable bonds is 3. The molecule has 0 aliphatic carbocycles. The van der Waals surface area contributed by atoms with Gasteiger partial charge in [-0.25, -0.2) is 4.79 Å². The van der Waals surface area contributed by atoms with E-state index in [1.165, 1.54) is 0 Å². The lowest BCUT2D eigenvalue weighted by Gasteiger charge is -2.34. The van der Waals surface area contributed by atoms with E-state index < -0.39 is 5.97 Å². The van der Waals surface area contributed by atoms with E-state index in [1.54, 1.807) is 14.0 Å². The number of hydrogen-bond donors (Lipinski definition) is 1. The maximum Gasteiger partial charge on any atom is 0.339 e. The highest BCUT2D eigenvalue weighted by molar-refractivity contribution is 5.95. The van der Waals surface area contributed by atoms with Crippen LogP contribution in [0.25, 0.3) is 0 Å². The van der Waals surface area contributed by atoms with Gasteiger partial charge in [0.15, 0.2) is 0 Å². The summed E-state index contributed by atoms with van der Waals surface area (Å²) in [6, 6.07) is 1.86. The Labute approximate surface area is 113 Å². The Balaban J connectivity index is 2.40. The number of aromatic nitrogens is 1. The number of methoxy groups -OCH3 is 1. The summed E-state index contributed by atoms with van der Waals surface area (Å²) in [5.74, 6) is -0.917. The largest absolute Gasteiger partial charge is 0.478 e. The fourth-order valence-electron chi connectivity index (χ4n) is 2.67. The first-order chi connectivity index (χ1) is 9.02. The second-order valence-corrected chi connectivity index (χ2v) is 4.99. The van der Waals surface area contributed by atoms with Crippen LogP contribution in [0.2, 0.25) is 0 Å². The zero-order valence-electron chi connectivity index (χ0n) is 11.6. The predicted octanol–water partition coefficient (Wildman–Crippen LogP) is 2.01. The number of aromatic carboxylic acids is 1. The molecule has 1 atom stereocenters. The molecule has 1 saturated heterocycles. The summed E-state index contributed by atoms with van der Waals surface area (Å²) in [6.45, 7) is 5.24. The number of aryl methyl sites for hydroxylation is 2. The number of carbonyl (C=O) groups is 1. The number of piperidine rings is 1. The Morgan fingerprint density at radius 2 is 2.26 bits per heavy atom. The van der Waals surface area contributed by atoms with Gasteiger partial charge in [-0.1, -0.05) is 0 Å². The Morgan fingerprint density at radius 1 is 1.53 bits per heavy atom. The van der Waals surface area contributed by atoms with E-state index in [2.05, 4.69) is 9.88 Å². The topological polar surface area (TPSA) is 62.7 Å². The molecule has 0 bridgehead atoms. The molecule has 0 saturated carbocycles. The first-order valence-electron chi connectivity index (χ1n) is 6.52. The van der Waals surface area contributed by atoms with Crippen LogP contribution in [0.4, 0.5) is 5.69 Å². The predicted molar refractivity (Wildman–Crippen MR) is 72.9 cm³/mol. The minimum absolute atomic E-state index is 0.171. The van der Waals surface area contributed by atoms with Crippen molar-refractivity contribution in [2.24, 2.45) is 0 Å². The molecule has 104 valence electrons. The molecule has 2 rings (SSSR count). The van der Waals surface area contributed by atoms with Crippen LogP contribution in [-0.2, 0) is 4.74 Å². The number of ether oxygens (including phenoxy) is 1. The molecule has 0 aromatic carbocycles. The molecule has 1 aromatic heterocycles. The summed E-state index contributed by atoms with van der Waals surface area (Å²) in [5.41, 5.74) is 2.49. The molecular formula is C14H20N2O3. The number of anilines is 1. The molecule has 5 nitrogen and oxygen atoms in total. The van der Waals surface area contributed by atoms with Crippen molar-refractivity contribution in [2.45, 2.75) is 32.8 Å². The summed E-state index contributed by atoms with van der Waals surface area (Å²) in [4.78, 5) is 17.8. The minimum Gasteiger partial charge on any atom is -0.478 e. The molecule has 1 unspecified atom stereocenters. The van der Waals surface area contributed by atoms with Crippen molar-refractivity contribution in [3.63, 3.8) is 0 Å². The van der Waals surface area contributed by atoms with Crippen molar-refractivity contribution in [1.29, 1.82) is 0 Å². The van der Waals surface area contributed by atoms with Crippen LogP contribution in [-0.4, -0.2) is 42.4 Å². The minimum atomic E-state index is -0.917. The van der Waals surface area contributed by atoms with Crippen LogP contribution in [0.15, 0.2) is 6.07 Å². The maximum absolute atomic E-state index is 11.4. The first-order valence-corrected chi connectivity index (χ1v) is 6.52. The van der Waals surface area contributed by atoms with Gasteiger partial charge in [0, 0.05) is 25.9 Å². The second kappa shape index (κ2) is 5.57. The summed E-state index contributed by atoms with van der Waals surface area (Å²) in [5, 5.41) is 9.39. The van der Waals surface area contributed by atoms with Gasteiger partial charge < -0.3 is 14.7 Å². The van der Waals surface area contributed by atoms with Crippen LogP contribution in [0.1, 0.15) is 34.6 Å². The molecule has 1 N–H and O–H groups in total. The molecule has 1 aliphatic heterocycles. The normalized spacial score (nSPS) is 19.5. The Hall–Kier alpha value is -1.62. The molecular weight excluding hydrogens is 244 g/mol. The molecule has 2 heterocycles. The zero-order valence-corrected chi connectivity index (χ0v) is 11.6. The fourth-order valence-corrected chi connectivity index (χ4v) is 2.67.